The standard InChI is InChI=1S/C15H26O2/c1-5-6-13-14-10(2)7-11(3)15(8-16,9-17-13)12(14)4/h7,11-14,16H,5-6,8-9H2,1-4H3/t11-,12+,13-,14+,15-/m1/s1. The van der Waals surface area contributed by atoms with Gasteiger partial charge in [-0.2, -0.15) is 0 Å². The van der Waals surface area contributed by atoms with Crippen molar-refractivity contribution in [2.75, 3.05) is 13.2 Å². The van der Waals surface area contributed by atoms with E-state index in [1.54, 1.807) is 0 Å². The Morgan fingerprint density at radius 1 is 1.47 bits per heavy atom. The van der Waals surface area contributed by atoms with Crippen molar-refractivity contribution in [2.24, 2.45) is 23.2 Å². The summed E-state index contributed by atoms with van der Waals surface area (Å²) in [7, 11) is 0. The van der Waals surface area contributed by atoms with E-state index < -0.39 is 0 Å². The van der Waals surface area contributed by atoms with Gasteiger partial charge in [-0.05, 0) is 25.2 Å². The zero-order valence-electron chi connectivity index (χ0n) is 11.6. The Kier molecular flexibility index (Phi) is 3.65. The summed E-state index contributed by atoms with van der Waals surface area (Å²) in [6.45, 7) is 9.93. The average molecular weight is 238 g/mol. The zero-order valence-corrected chi connectivity index (χ0v) is 11.6. The van der Waals surface area contributed by atoms with Crippen LogP contribution < -0.4 is 0 Å². The van der Waals surface area contributed by atoms with Gasteiger partial charge in [0.05, 0.1) is 19.3 Å². The van der Waals surface area contributed by atoms with E-state index in [0.29, 0.717) is 23.9 Å². The molecule has 0 unspecified atom stereocenters. The first-order valence-corrected chi connectivity index (χ1v) is 6.97. The van der Waals surface area contributed by atoms with E-state index in [2.05, 4.69) is 33.8 Å². The van der Waals surface area contributed by atoms with Crippen LogP contribution in [0.3, 0.4) is 0 Å². The van der Waals surface area contributed by atoms with Gasteiger partial charge in [-0.3, -0.25) is 0 Å². The molecule has 0 radical (unpaired) electrons. The van der Waals surface area contributed by atoms with E-state index in [0.717, 1.165) is 13.0 Å². The molecule has 5 atom stereocenters. The monoisotopic (exact) mass is 238 g/mol. The number of hydrogen-bond acceptors (Lipinski definition) is 2. The quantitative estimate of drug-likeness (QED) is 0.766. The van der Waals surface area contributed by atoms with Crippen molar-refractivity contribution in [3.05, 3.63) is 11.6 Å². The van der Waals surface area contributed by atoms with Crippen LogP contribution in [-0.2, 0) is 4.74 Å². The van der Waals surface area contributed by atoms with Crippen LogP contribution in [0.15, 0.2) is 11.6 Å². The van der Waals surface area contributed by atoms with Gasteiger partial charge < -0.3 is 9.84 Å². The van der Waals surface area contributed by atoms with Gasteiger partial charge in [-0.25, -0.2) is 0 Å². The maximum atomic E-state index is 9.83. The first-order valence-electron chi connectivity index (χ1n) is 6.97. The van der Waals surface area contributed by atoms with Crippen molar-refractivity contribution in [3.63, 3.8) is 0 Å². The van der Waals surface area contributed by atoms with E-state index in [4.69, 9.17) is 4.74 Å². The second-order valence-corrected chi connectivity index (χ2v) is 6.04. The SMILES string of the molecule is CCC[C@H]1OC[C@]2(CO)[C@H](C)C=C(C)[C@H]1[C@@H]2C. The summed E-state index contributed by atoms with van der Waals surface area (Å²) in [4.78, 5) is 0. The van der Waals surface area contributed by atoms with Gasteiger partial charge in [-0.1, -0.05) is 38.8 Å². The molecule has 0 aromatic rings. The first kappa shape index (κ1) is 13.1. The normalized spacial score (nSPS) is 45.6. The molecule has 1 aliphatic carbocycles. The highest BCUT2D eigenvalue weighted by Crippen LogP contribution is 2.52. The molecule has 2 aliphatic rings. The highest BCUT2D eigenvalue weighted by Gasteiger charge is 2.52. The smallest absolute Gasteiger partial charge is 0.0643 e. The molecule has 2 nitrogen and oxygen atoms in total. The Morgan fingerprint density at radius 2 is 2.18 bits per heavy atom. The third-order valence-electron chi connectivity index (χ3n) is 5.23. The molecule has 0 saturated carbocycles. The van der Waals surface area contributed by atoms with E-state index in [-0.39, 0.29) is 12.0 Å². The summed E-state index contributed by atoms with van der Waals surface area (Å²) in [6.07, 6.45) is 5.03. The second-order valence-electron chi connectivity index (χ2n) is 6.04. The Labute approximate surface area is 105 Å². The fourth-order valence-electron chi connectivity index (χ4n) is 3.96. The average Bonchev–Trinajstić information content (AvgIpc) is 2.28. The summed E-state index contributed by atoms with van der Waals surface area (Å²) in [5, 5.41) is 9.83. The van der Waals surface area contributed by atoms with Gasteiger partial charge in [0.2, 0.25) is 0 Å². The minimum Gasteiger partial charge on any atom is -0.396 e. The van der Waals surface area contributed by atoms with Crippen molar-refractivity contribution in [1.29, 1.82) is 0 Å². The number of aliphatic hydroxyl groups is 1. The third kappa shape index (κ3) is 1.86. The highest BCUT2D eigenvalue weighted by molar-refractivity contribution is 5.20. The number of allylic oxidation sites excluding steroid dienone is 1. The molecule has 17 heavy (non-hydrogen) atoms. The molecule has 0 amide bonds. The fourth-order valence-corrected chi connectivity index (χ4v) is 3.96. The predicted molar refractivity (Wildman–Crippen MR) is 69.7 cm³/mol. The Balaban J connectivity index is 2.34. The third-order valence-corrected chi connectivity index (χ3v) is 5.23. The van der Waals surface area contributed by atoms with Crippen LogP contribution in [0, 0.1) is 23.2 Å². The van der Waals surface area contributed by atoms with Crippen molar-refractivity contribution >= 4 is 0 Å². The van der Waals surface area contributed by atoms with Crippen LogP contribution in [0.5, 0.6) is 0 Å². The molecule has 0 spiro atoms. The molecule has 2 heteroatoms. The number of ether oxygens (including phenoxy) is 1. The molecule has 1 N–H and O–H groups in total. The Hall–Kier alpha value is -0.340. The molecule has 2 rings (SSSR count). The van der Waals surface area contributed by atoms with Crippen molar-refractivity contribution in [1.82, 2.24) is 0 Å². The largest absolute Gasteiger partial charge is 0.396 e. The van der Waals surface area contributed by atoms with Crippen LogP contribution in [0.25, 0.3) is 0 Å². The molecule has 1 fully saturated rings. The van der Waals surface area contributed by atoms with Crippen LogP contribution >= 0.6 is 0 Å². The van der Waals surface area contributed by atoms with Crippen LogP contribution in [0.1, 0.15) is 40.5 Å². The number of aliphatic hydroxyl groups excluding tert-OH is 1. The maximum absolute atomic E-state index is 9.83. The van der Waals surface area contributed by atoms with E-state index in [9.17, 15) is 5.11 Å². The number of hydrogen-bond donors (Lipinski definition) is 1. The minimum atomic E-state index is -0.0472. The van der Waals surface area contributed by atoms with E-state index >= 15 is 0 Å². The lowest BCUT2D eigenvalue weighted by Gasteiger charge is -2.55. The van der Waals surface area contributed by atoms with Gasteiger partial charge >= 0.3 is 0 Å². The van der Waals surface area contributed by atoms with Gasteiger partial charge in [0, 0.05) is 11.3 Å². The molecule has 98 valence electrons. The Bertz CT molecular complexity index is 310. The molecule has 0 aromatic carbocycles. The topological polar surface area (TPSA) is 29.5 Å². The van der Waals surface area contributed by atoms with Crippen molar-refractivity contribution < 1.29 is 9.84 Å². The van der Waals surface area contributed by atoms with Crippen LogP contribution in [0.2, 0.25) is 0 Å². The highest BCUT2D eigenvalue weighted by atomic mass is 16.5. The Morgan fingerprint density at radius 3 is 2.76 bits per heavy atom. The minimum absolute atomic E-state index is 0.0472. The lowest BCUT2D eigenvalue weighted by Crippen LogP contribution is -2.56. The summed E-state index contributed by atoms with van der Waals surface area (Å²) < 4.78 is 6.09. The van der Waals surface area contributed by atoms with E-state index in [1.807, 2.05) is 0 Å². The molecule has 1 saturated heterocycles. The molecular formula is C15H26O2. The number of fused-ring (bicyclic) bond motifs is 2. The van der Waals surface area contributed by atoms with E-state index in [1.165, 1.54) is 12.0 Å². The molecular weight excluding hydrogens is 212 g/mol. The first-order chi connectivity index (χ1) is 8.06. The molecule has 1 heterocycles. The second kappa shape index (κ2) is 4.74. The molecule has 2 bridgehead atoms. The van der Waals surface area contributed by atoms with Gasteiger partial charge in [0.1, 0.15) is 0 Å². The van der Waals surface area contributed by atoms with Crippen LogP contribution in [-0.4, -0.2) is 24.4 Å². The van der Waals surface area contributed by atoms with Gasteiger partial charge in [0.25, 0.3) is 0 Å². The lowest BCUT2D eigenvalue weighted by atomic mass is 9.56. The zero-order chi connectivity index (χ0) is 12.6. The predicted octanol–water partition coefficient (Wildman–Crippen LogP) is 3.01. The van der Waals surface area contributed by atoms with Crippen molar-refractivity contribution in [2.45, 2.75) is 46.6 Å². The maximum Gasteiger partial charge on any atom is 0.0643 e. The molecule has 1 aliphatic heterocycles. The van der Waals surface area contributed by atoms with Crippen LogP contribution in [0.4, 0.5) is 0 Å². The summed E-state index contributed by atoms with van der Waals surface area (Å²) in [6, 6.07) is 0. The van der Waals surface area contributed by atoms with Gasteiger partial charge in [0.15, 0.2) is 0 Å². The fraction of sp³-hybridized carbons (Fsp3) is 0.867. The molecule has 0 aromatic heterocycles. The summed E-state index contributed by atoms with van der Waals surface area (Å²) in [5.74, 6) is 1.45. The van der Waals surface area contributed by atoms with Gasteiger partial charge in [-0.15, -0.1) is 0 Å². The van der Waals surface area contributed by atoms with Crippen molar-refractivity contribution in [3.8, 4) is 0 Å². The summed E-state index contributed by atoms with van der Waals surface area (Å²) in [5.41, 5.74) is 1.42. The lowest BCUT2D eigenvalue weighted by molar-refractivity contribution is -0.164. The summed E-state index contributed by atoms with van der Waals surface area (Å²) >= 11 is 0. The number of rotatable bonds is 3.